The van der Waals surface area contributed by atoms with Crippen molar-refractivity contribution in [3.63, 3.8) is 0 Å². The molecule has 12 nitrogen and oxygen atoms in total. The number of unbranched alkanes of at least 4 members (excludes halogenated alkanes) is 1. The van der Waals surface area contributed by atoms with Crippen LogP contribution >= 0.6 is 0 Å². The summed E-state index contributed by atoms with van der Waals surface area (Å²) in [6.07, 6.45) is 0.266. The lowest BCUT2D eigenvalue weighted by atomic mass is 9.78. The highest BCUT2D eigenvalue weighted by molar-refractivity contribution is 8.08. The molecule has 1 atom stereocenters. The van der Waals surface area contributed by atoms with E-state index >= 15 is 0 Å². The maximum absolute atomic E-state index is 12.6. The Morgan fingerprint density at radius 3 is 1.12 bits per heavy atom. The Morgan fingerprint density at radius 2 is 0.882 bits per heavy atom. The van der Waals surface area contributed by atoms with Crippen molar-refractivity contribution in [3.8, 4) is 0 Å². The van der Waals surface area contributed by atoms with Gasteiger partial charge in [-0.3, -0.25) is 19.2 Å². The molecule has 0 aliphatic rings. The van der Waals surface area contributed by atoms with E-state index in [0.29, 0.717) is 34.1 Å². The molecule has 0 fully saturated rings. The molecule has 0 aromatic carbocycles. The smallest absolute Gasteiger partial charge is 0.243 e. The Balaban J connectivity index is 7.54. The molecule has 16 heteroatoms. The molecule has 0 radical (unpaired) electrons. The van der Waals surface area contributed by atoms with Gasteiger partial charge in [0.1, 0.15) is 0 Å². The minimum Gasteiger partial charge on any atom is -0.282 e. The fourth-order valence-electron chi connectivity index (χ4n) is 3.32. The van der Waals surface area contributed by atoms with E-state index in [-0.39, 0.29) is 12.8 Å². The third-order valence-electron chi connectivity index (χ3n) is 5.38. The van der Waals surface area contributed by atoms with Crippen LogP contribution in [-0.4, -0.2) is 77.1 Å². The summed E-state index contributed by atoms with van der Waals surface area (Å²) in [6.45, 7) is 4.26. The van der Waals surface area contributed by atoms with Crippen molar-refractivity contribution in [2.45, 2.75) is 53.9 Å². The molecular weight excluding hydrogens is 536 g/mol. The lowest BCUT2D eigenvalue weighted by Gasteiger charge is -2.39. The van der Waals surface area contributed by atoms with Crippen LogP contribution in [0.25, 0.3) is 0 Å². The summed E-state index contributed by atoms with van der Waals surface area (Å²) >= 11 is 0. The summed E-state index contributed by atoms with van der Waals surface area (Å²) in [7, 11) is -19.2. The number of carbonyl (C=O) groups excluding carboxylic acids is 4. The number of hydrogen-bond donors (Lipinski definition) is 0. The molecule has 0 heterocycles. The van der Waals surface area contributed by atoms with Gasteiger partial charge in [0.05, 0.1) is 23.0 Å². The molecule has 1 unspecified atom stereocenters. The molecule has 0 bridgehead atoms. The van der Waals surface area contributed by atoms with Crippen molar-refractivity contribution >= 4 is 59.8 Å². The number of carbonyl (C=O) groups is 4. The second kappa shape index (κ2) is 11.5. The van der Waals surface area contributed by atoms with Gasteiger partial charge < -0.3 is 0 Å². The zero-order valence-electron chi connectivity index (χ0n) is 19.6. The Morgan fingerprint density at radius 1 is 0.588 bits per heavy atom. The average molecular weight is 567 g/mol. The first kappa shape index (κ1) is 32.5. The predicted octanol–water partition coefficient (Wildman–Crippen LogP) is -0.376. The second-order valence-electron chi connectivity index (χ2n) is 8.23. The van der Waals surface area contributed by atoms with Gasteiger partial charge in [0.25, 0.3) is 0 Å². The number of rotatable bonds is 12. The van der Waals surface area contributed by atoms with Gasteiger partial charge in [-0.2, -0.15) is 0 Å². The summed E-state index contributed by atoms with van der Waals surface area (Å²) < 4.78 is 101. The zero-order chi connectivity index (χ0) is 27.3. The van der Waals surface area contributed by atoms with Crippen molar-refractivity contribution in [2.75, 3.05) is 23.0 Å². The Kier molecular flexibility index (Phi) is 11.0. The minimum atomic E-state index is -4.87. The second-order valence-corrected chi connectivity index (χ2v) is 16.6. The van der Waals surface area contributed by atoms with E-state index in [1.807, 2.05) is 0 Å². The van der Waals surface area contributed by atoms with E-state index in [9.17, 15) is 52.8 Å². The molecule has 0 spiro atoms. The van der Waals surface area contributed by atoms with Gasteiger partial charge in [-0.05, 0) is 12.3 Å². The van der Waals surface area contributed by atoms with E-state index in [4.69, 9.17) is 0 Å². The normalized spacial score (nSPS) is 14.4. The zero-order valence-corrected chi connectivity index (χ0v) is 22.8. The molecule has 0 aliphatic heterocycles. The predicted molar refractivity (Wildman–Crippen MR) is 123 cm³/mol. The molecule has 198 valence electrons. The van der Waals surface area contributed by atoms with Crippen molar-refractivity contribution in [2.24, 2.45) is 11.3 Å². The maximum Gasteiger partial charge on any atom is 0.243 e. The Bertz CT molecular complexity index is 1140. The van der Waals surface area contributed by atoms with Crippen LogP contribution in [0.3, 0.4) is 0 Å². The molecule has 0 amide bonds. The molecule has 0 saturated carbocycles. The minimum absolute atomic E-state index is 0.153. The SMILES string of the molecule is CCCCC(CS(=O)(=O)C(C)=O)C(CS(=O)(=O)C(C)=O)(CS(=O)(=O)C(C)=O)CS(=O)(=O)C(C)=O. The Hall–Kier alpha value is -1.52. The summed E-state index contributed by atoms with van der Waals surface area (Å²) in [4.78, 5) is 47.0. The number of hydrogen-bond acceptors (Lipinski definition) is 12. The van der Waals surface area contributed by atoms with Gasteiger partial charge >= 0.3 is 0 Å². The van der Waals surface area contributed by atoms with Gasteiger partial charge in [0.2, 0.25) is 59.8 Å². The summed E-state index contributed by atoms with van der Waals surface area (Å²) in [6, 6.07) is 0. The molecule has 34 heavy (non-hydrogen) atoms. The van der Waals surface area contributed by atoms with Gasteiger partial charge in [0.15, 0.2) is 0 Å². The van der Waals surface area contributed by atoms with Crippen LogP contribution in [0, 0.1) is 11.3 Å². The molecular formula is C18H30O12S4. The van der Waals surface area contributed by atoms with Crippen LogP contribution < -0.4 is 0 Å². The van der Waals surface area contributed by atoms with Crippen LogP contribution in [0.15, 0.2) is 0 Å². The lowest BCUT2D eigenvalue weighted by Crippen LogP contribution is -2.52. The monoisotopic (exact) mass is 566 g/mol. The first-order valence-electron chi connectivity index (χ1n) is 9.99. The van der Waals surface area contributed by atoms with Crippen molar-refractivity contribution in [1.82, 2.24) is 0 Å². The quantitative estimate of drug-likeness (QED) is 0.296. The van der Waals surface area contributed by atoms with Gasteiger partial charge in [-0.25, -0.2) is 33.7 Å². The van der Waals surface area contributed by atoms with Crippen LogP contribution in [0.5, 0.6) is 0 Å². The summed E-state index contributed by atoms with van der Waals surface area (Å²) in [5.41, 5.74) is -2.60. The van der Waals surface area contributed by atoms with E-state index < -0.39 is 94.2 Å². The highest BCUT2D eigenvalue weighted by atomic mass is 32.2. The van der Waals surface area contributed by atoms with Gasteiger partial charge in [0, 0.05) is 33.1 Å². The van der Waals surface area contributed by atoms with Crippen molar-refractivity contribution in [1.29, 1.82) is 0 Å². The fourth-order valence-corrected chi connectivity index (χ4v) is 9.19. The standard InChI is InChI=1S/C18H30O12S4/c1-6-7-8-17(9-31(23,24)13(2)19)18(10-32(25,26)14(3)20,11-33(27,28)15(4)21)12-34(29,30)16(5)22/h17H,6-12H2,1-5H3. The van der Waals surface area contributed by atoms with Crippen LogP contribution in [0.1, 0.15) is 53.9 Å². The van der Waals surface area contributed by atoms with Gasteiger partial charge in [-0.15, -0.1) is 0 Å². The van der Waals surface area contributed by atoms with Crippen LogP contribution in [0.4, 0.5) is 0 Å². The first-order chi connectivity index (χ1) is 15.1. The molecule has 0 aliphatic carbocycles. The maximum atomic E-state index is 12.6. The Labute approximate surface area is 200 Å². The van der Waals surface area contributed by atoms with E-state index in [0.717, 1.165) is 0 Å². The summed E-state index contributed by atoms with van der Waals surface area (Å²) in [5.74, 6) is -7.15. The highest BCUT2D eigenvalue weighted by Crippen LogP contribution is 2.39. The largest absolute Gasteiger partial charge is 0.282 e. The van der Waals surface area contributed by atoms with Crippen molar-refractivity contribution in [3.05, 3.63) is 0 Å². The molecule has 0 aromatic heterocycles. The lowest BCUT2D eigenvalue weighted by molar-refractivity contribution is -0.110. The topological polar surface area (TPSA) is 205 Å². The first-order valence-corrected chi connectivity index (χ1v) is 16.6. The molecule has 0 rings (SSSR count). The molecule has 0 aromatic rings. The fraction of sp³-hybridized carbons (Fsp3) is 0.778. The summed E-state index contributed by atoms with van der Waals surface area (Å²) in [5, 5.41) is -5.70. The average Bonchev–Trinajstić information content (AvgIpc) is 2.63. The van der Waals surface area contributed by atoms with Gasteiger partial charge in [-0.1, -0.05) is 19.8 Å². The van der Waals surface area contributed by atoms with E-state index in [2.05, 4.69) is 0 Å². The van der Waals surface area contributed by atoms with E-state index in [1.54, 1.807) is 6.92 Å². The van der Waals surface area contributed by atoms with Crippen LogP contribution in [-0.2, 0) is 58.5 Å². The highest BCUT2D eigenvalue weighted by Gasteiger charge is 2.52. The third kappa shape index (κ3) is 8.61. The van der Waals surface area contributed by atoms with Crippen LogP contribution in [0.2, 0.25) is 0 Å². The molecule has 0 saturated heterocycles. The third-order valence-corrected chi connectivity index (χ3v) is 12.6. The number of sulfone groups is 4. The van der Waals surface area contributed by atoms with E-state index in [1.165, 1.54) is 0 Å². The molecule has 0 N–H and O–H groups in total. The van der Waals surface area contributed by atoms with Crippen molar-refractivity contribution < 1.29 is 52.8 Å².